The summed E-state index contributed by atoms with van der Waals surface area (Å²) in [5.74, 6) is -0.109. The molecule has 1 N–H and O–H groups in total. The van der Waals surface area contributed by atoms with Gasteiger partial charge in [-0.25, -0.2) is 8.42 Å². The van der Waals surface area contributed by atoms with E-state index in [9.17, 15) is 13.2 Å². The number of halogens is 1. The highest BCUT2D eigenvalue weighted by molar-refractivity contribution is 7.92. The summed E-state index contributed by atoms with van der Waals surface area (Å²) in [6.45, 7) is 6.80. The molecule has 30 heavy (non-hydrogen) atoms. The van der Waals surface area contributed by atoms with Crippen LogP contribution in [-0.2, 0) is 21.4 Å². The van der Waals surface area contributed by atoms with Crippen molar-refractivity contribution in [3.63, 3.8) is 0 Å². The van der Waals surface area contributed by atoms with Gasteiger partial charge < -0.3 is 10.2 Å². The van der Waals surface area contributed by atoms with Crippen molar-refractivity contribution in [1.82, 2.24) is 5.32 Å². The Kier molecular flexibility index (Phi) is 8.99. The average molecular weight is 452 g/mol. The first-order valence-electron chi connectivity index (χ1n) is 10.1. The lowest BCUT2D eigenvalue weighted by Gasteiger charge is -2.22. The van der Waals surface area contributed by atoms with Gasteiger partial charge in [0, 0.05) is 43.3 Å². The molecule has 0 aromatic heterocycles. The van der Waals surface area contributed by atoms with Gasteiger partial charge in [-0.1, -0.05) is 29.8 Å². The van der Waals surface area contributed by atoms with Crippen LogP contribution in [0.3, 0.4) is 0 Å². The summed E-state index contributed by atoms with van der Waals surface area (Å²) >= 11 is 5.98. The molecule has 0 saturated heterocycles. The van der Waals surface area contributed by atoms with Crippen LogP contribution in [0.5, 0.6) is 0 Å². The predicted molar refractivity (Wildman–Crippen MR) is 125 cm³/mol. The van der Waals surface area contributed by atoms with Crippen molar-refractivity contribution in [2.24, 2.45) is 0 Å². The number of anilines is 2. The third-order valence-corrected chi connectivity index (χ3v) is 6.25. The second-order valence-corrected chi connectivity index (χ2v) is 9.38. The van der Waals surface area contributed by atoms with E-state index in [0.717, 1.165) is 30.6 Å². The topological polar surface area (TPSA) is 69.7 Å². The molecule has 0 bridgehead atoms. The maximum atomic E-state index is 12.2. The summed E-state index contributed by atoms with van der Waals surface area (Å²) in [7, 11) is -3.46. The molecule has 0 heterocycles. The van der Waals surface area contributed by atoms with Gasteiger partial charge in [0.25, 0.3) is 0 Å². The number of nitrogens with one attached hydrogen (secondary N) is 1. The van der Waals surface area contributed by atoms with E-state index in [2.05, 4.69) is 36.2 Å². The van der Waals surface area contributed by atoms with Crippen molar-refractivity contribution in [3.8, 4) is 0 Å². The average Bonchev–Trinajstić information content (AvgIpc) is 2.70. The van der Waals surface area contributed by atoms with E-state index >= 15 is 0 Å². The van der Waals surface area contributed by atoms with Crippen molar-refractivity contribution in [2.75, 3.05) is 35.1 Å². The third kappa shape index (κ3) is 7.22. The van der Waals surface area contributed by atoms with Gasteiger partial charge >= 0.3 is 0 Å². The van der Waals surface area contributed by atoms with Crippen LogP contribution in [0.15, 0.2) is 48.5 Å². The molecule has 0 fully saturated rings. The van der Waals surface area contributed by atoms with Crippen LogP contribution < -0.4 is 14.5 Å². The molecule has 0 aliphatic heterocycles. The first-order chi connectivity index (χ1) is 14.2. The molecule has 6 nitrogen and oxygen atoms in total. The number of carbonyl (C=O) groups excluding carboxylic acids is 1. The Morgan fingerprint density at radius 2 is 1.70 bits per heavy atom. The first kappa shape index (κ1) is 24.0. The van der Waals surface area contributed by atoms with Crippen LogP contribution >= 0.6 is 11.6 Å². The van der Waals surface area contributed by atoms with Crippen LogP contribution in [-0.4, -0.2) is 40.2 Å². The second-order valence-electron chi connectivity index (χ2n) is 7.03. The molecule has 164 valence electrons. The molecule has 0 spiro atoms. The molecule has 2 rings (SSSR count). The Bertz CT molecular complexity index is 929. The van der Waals surface area contributed by atoms with E-state index in [1.54, 1.807) is 24.3 Å². The minimum atomic E-state index is -3.46. The predicted octanol–water partition coefficient (Wildman–Crippen LogP) is 4.05. The summed E-state index contributed by atoms with van der Waals surface area (Å²) in [5.41, 5.74) is 2.69. The van der Waals surface area contributed by atoms with E-state index < -0.39 is 10.0 Å². The quantitative estimate of drug-likeness (QED) is 0.559. The molecule has 0 aliphatic rings. The minimum Gasteiger partial charge on any atom is -0.372 e. The minimum absolute atomic E-state index is 0.109. The number of nitrogens with zero attached hydrogens (tertiary/aromatic N) is 2. The van der Waals surface area contributed by atoms with E-state index in [4.69, 9.17) is 11.6 Å². The van der Waals surface area contributed by atoms with Gasteiger partial charge in [-0.3, -0.25) is 9.10 Å². The van der Waals surface area contributed by atoms with Crippen molar-refractivity contribution in [1.29, 1.82) is 0 Å². The highest BCUT2D eigenvalue weighted by Gasteiger charge is 2.17. The number of benzene rings is 2. The van der Waals surface area contributed by atoms with Crippen molar-refractivity contribution >= 4 is 38.9 Å². The summed E-state index contributed by atoms with van der Waals surface area (Å²) in [5, 5.41) is 3.36. The van der Waals surface area contributed by atoms with Gasteiger partial charge in [-0.15, -0.1) is 0 Å². The molecule has 8 heteroatoms. The van der Waals surface area contributed by atoms with E-state index in [1.165, 1.54) is 4.31 Å². The van der Waals surface area contributed by atoms with Gasteiger partial charge in [0.2, 0.25) is 15.9 Å². The SMILES string of the molecule is CCN(CC)c1ccc(CNC(=O)CCCN(c2cccc(Cl)c2)S(C)(=O)=O)cc1. The number of rotatable bonds is 11. The van der Waals surface area contributed by atoms with Crippen molar-refractivity contribution in [2.45, 2.75) is 33.2 Å². The van der Waals surface area contributed by atoms with Gasteiger partial charge in [-0.05, 0) is 56.2 Å². The largest absolute Gasteiger partial charge is 0.372 e. The second kappa shape index (κ2) is 11.2. The Balaban J connectivity index is 1.85. The molecule has 0 unspecified atom stereocenters. The van der Waals surface area contributed by atoms with E-state index in [0.29, 0.717) is 23.7 Å². The number of hydrogen-bond acceptors (Lipinski definition) is 4. The summed E-state index contributed by atoms with van der Waals surface area (Å²) in [6.07, 6.45) is 1.80. The molecule has 0 radical (unpaired) electrons. The summed E-state index contributed by atoms with van der Waals surface area (Å²) in [4.78, 5) is 14.5. The van der Waals surface area contributed by atoms with E-state index in [1.807, 2.05) is 12.1 Å². The molecular weight excluding hydrogens is 422 g/mol. The molecule has 1 amide bonds. The van der Waals surface area contributed by atoms with Crippen molar-refractivity contribution in [3.05, 3.63) is 59.1 Å². The zero-order valence-electron chi connectivity index (χ0n) is 17.8. The number of carbonyl (C=O) groups is 1. The monoisotopic (exact) mass is 451 g/mol. The highest BCUT2D eigenvalue weighted by Crippen LogP contribution is 2.22. The lowest BCUT2D eigenvalue weighted by molar-refractivity contribution is -0.121. The molecular formula is C22H30ClN3O3S. The Hall–Kier alpha value is -2.25. The third-order valence-electron chi connectivity index (χ3n) is 4.82. The number of hydrogen-bond donors (Lipinski definition) is 1. The Labute approximate surface area is 184 Å². The van der Waals surface area contributed by atoms with Crippen LogP contribution in [0, 0.1) is 0 Å². The zero-order chi connectivity index (χ0) is 22.1. The van der Waals surface area contributed by atoms with Gasteiger partial charge in [-0.2, -0.15) is 0 Å². The Morgan fingerprint density at radius 3 is 2.27 bits per heavy atom. The number of sulfonamides is 1. The van der Waals surface area contributed by atoms with Gasteiger partial charge in [0.1, 0.15) is 0 Å². The fraction of sp³-hybridized carbons (Fsp3) is 0.409. The van der Waals surface area contributed by atoms with Crippen LogP contribution in [0.25, 0.3) is 0 Å². The molecule has 2 aromatic carbocycles. The van der Waals surface area contributed by atoms with Gasteiger partial charge in [0.05, 0.1) is 11.9 Å². The van der Waals surface area contributed by atoms with E-state index in [-0.39, 0.29) is 18.9 Å². The van der Waals surface area contributed by atoms with Gasteiger partial charge in [0.15, 0.2) is 0 Å². The maximum Gasteiger partial charge on any atom is 0.232 e. The highest BCUT2D eigenvalue weighted by atomic mass is 35.5. The fourth-order valence-electron chi connectivity index (χ4n) is 3.20. The molecule has 0 aliphatic carbocycles. The lowest BCUT2D eigenvalue weighted by Crippen LogP contribution is -2.32. The normalized spacial score (nSPS) is 11.2. The first-order valence-corrected chi connectivity index (χ1v) is 12.3. The fourth-order valence-corrected chi connectivity index (χ4v) is 4.35. The van der Waals surface area contributed by atoms with Crippen LogP contribution in [0.2, 0.25) is 5.02 Å². The summed E-state index contributed by atoms with van der Waals surface area (Å²) in [6, 6.07) is 14.8. The maximum absolute atomic E-state index is 12.2. The standard InChI is InChI=1S/C22H30ClN3O3S/c1-4-25(5-2)20-13-11-18(12-14-20)17-24-22(27)10-7-15-26(30(3,28)29)21-9-6-8-19(23)16-21/h6,8-9,11-14,16H,4-5,7,10,15,17H2,1-3H3,(H,24,27). The molecule has 0 atom stereocenters. The summed E-state index contributed by atoms with van der Waals surface area (Å²) < 4.78 is 25.5. The molecule has 2 aromatic rings. The lowest BCUT2D eigenvalue weighted by atomic mass is 10.2. The number of amides is 1. The smallest absolute Gasteiger partial charge is 0.232 e. The van der Waals surface area contributed by atoms with Crippen molar-refractivity contribution < 1.29 is 13.2 Å². The zero-order valence-corrected chi connectivity index (χ0v) is 19.3. The molecule has 0 saturated carbocycles. The Morgan fingerprint density at radius 1 is 1.03 bits per heavy atom. The van der Waals surface area contributed by atoms with Crippen LogP contribution in [0.4, 0.5) is 11.4 Å². The van der Waals surface area contributed by atoms with Crippen LogP contribution in [0.1, 0.15) is 32.3 Å².